The van der Waals surface area contributed by atoms with E-state index < -0.39 is 5.97 Å². The first-order valence-electron chi connectivity index (χ1n) is 8.15. The normalized spacial score (nSPS) is 15.5. The Kier molecular flexibility index (Phi) is 4.33. The van der Waals surface area contributed by atoms with Crippen molar-refractivity contribution in [3.63, 3.8) is 0 Å². The van der Waals surface area contributed by atoms with Gasteiger partial charge in [-0.2, -0.15) is 0 Å². The van der Waals surface area contributed by atoms with E-state index in [1.807, 2.05) is 19.1 Å². The molecule has 1 N–H and O–H groups in total. The fraction of sp³-hybridized carbons (Fsp3) is 0.368. The maximum atomic E-state index is 12.1. The number of aryl methyl sites for hydroxylation is 3. The monoisotopic (exact) mass is 310 g/mol. The van der Waals surface area contributed by atoms with Crippen LogP contribution in [0, 0.1) is 13.8 Å². The summed E-state index contributed by atoms with van der Waals surface area (Å²) in [5.74, 6) is -0.407. The lowest BCUT2D eigenvalue weighted by atomic mass is 9.92. The number of hydrogen-bond acceptors (Lipinski definition) is 3. The summed E-state index contributed by atoms with van der Waals surface area (Å²) in [6, 6.07) is 7.32. The molecule has 1 aromatic heterocycles. The highest BCUT2D eigenvalue weighted by atomic mass is 16.7. The molecule has 0 bridgehead atoms. The van der Waals surface area contributed by atoms with Gasteiger partial charge in [-0.1, -0.05) is 29.8 Å². The number of benzene rings is 1. The van der Waals surface area contributed by atoms with Crippen LogP contribution < -0.4 is 0 Å². The topological polar surface area (TPSA) is 54.4 Å². The van der Waals surface area contributed by atoms with E-state index in [4.69, 9.17) is 4.84 Å². The third-order valence-electron chi connectivity index (χ3n) is 4.40. The zero-order chi connectivity index (χ0) is 16.4. The summed E-state index contributed by atoms with van der Waals surface area (Å²) in [6.45, 7) is 6.22. The quantitative estimate of drug-likeness (QED) is 0.685. The van der Waals surface area contributed by atoms with E-state index in [1.165, 1.54) is 17.0 Å². The molecule has 0 saturated heterocycles. The van der Waals surface area contributed by atoms with Gasteiger partial charge in [-0.25, -0.2) is 4.79 Å². The number of H-pyrrole nitrogens is 1. The highest BCUT2D eigenvalue weighted by Crippen LogP contribution is 2.28. The van der Waals surface area contributed by atoms with Gasteiger partial charge in [-0.3, -0.25) is 0 Å². The Hall–Kier alpha value is -2.36. The van der Waals surface area contributed by atoms with Gasteiger partial charge in [0.15, 0.2) is 0 Å². The lowest BCUT2D eigenvalue weighted by Gasteiger charge is -2.14. The molecule has 4 heteroatoms. The fourth-order valence-electron chi connectivity index (χ4n) is 3.20. The van der Waals surface area contributed by atoms with Crippen molar-refractivity contribution in [2.45, 2.75) is 46.5 Å². The molecule has 2 aromatic rings. The summed E-state index contributed by atoms with van der Waals surface area (Å²) in [5.41, 5.74) is 7.37. The van der Waals surface area contributed by atoms with E-state index in [9.17, 15) is 4.79 Å². The number of aromatic nitrogens is 1. The average molecular weight is 310 g/mol. The first-order valence-corrected chi connectivity index (χ1v) is 8.15. The molecule has 0 saturated carbocycles. The van der Waals surface area contributed by atoms with Gasteiger partial charge in [0, 0.05) is 17.0 Å². The average Bonchev–Trinajstić information content (AvgIpc) is 2.88. The van der Waals surface area contributed by atoms with E-state index >= 15 is 0 Å². The lowest BCUT2D eigenvalue weighted by molar-refractivity contribution is 0.0515. The van der Waals surface area contributed by atoms with Crippen LogP contribution in [0.4, 0.5) is 0 Å². The minimum absolute atomic E-state index is 0.407. The Bertz CT molecular complexity index is 754. The second-order valence-corrected chi connectivity index (χ2v) is 6.07. The molecule has 1 heterocycles. The molecule has 0 atom stereocenters. The number of fused-ring (bicyclic) bond motifs is 1. The first kappa shape index (κ1) is 15.5. The molecule has 0 aliphatic heterocycles. The molecule has 0 unspecified atom stereocenters. The highest BCUT2D eigenvalue weighted by Gasteiger charge is 2.23. The molecule has 120 valence electrons. The second kappa shape index (κ2) is 6.41. The molecule has 0 radical (unpaired) electrons. The maximum absolute atomic E-state index is 12.1. The molecule has 4 nitrogen and oxygen atoms in total. The lowest BCUT2D eigenvalue weighted by Crippen LogP contribution is -2.14. The van der Waals surface area contributed by atoms with Gasteiger partial charge in [0.25, 0.3) is 0 Å². The van der Waals surface area contributed by atoms with E-state index in [1.54, 1.807) is 12.1 Å². The molecule has 0 fully saturated rings. The van der Waals surface area contributed by atoms with Crippen LogP contribution >= 0.6 is 0 Å². The van der Waals surface area contributed by atoms with Crippen molar-refractivity contribution in [3.8, 4) is 0 Å². The number of nitrogens with zero attached hydrogens (tertiary/aromatic N) is 1. The summed E-state index contributed by atoms with van der Waals surface area (Å²) < 4.78 is 0. The van der Waals surface area contributed by atoms with Gasteiger partial charge in [0.05, 0.1) is 11.3 Å². The van der Waals surface area contributed by atoms with Crippen molar-refractivity contribution >= 4 is 11.7 Å². The summed E-state index contributed by atoms with van der Waals surface area (Å²) in [5, 5.41) is 4.19. The van der Waals surface area contributed by atoms with Gasteiger partial charge in [0.1, 0.15) is 0 Å². The predicted molar refractivity (Wildman–Crippen MR) is 91.0 cm³/mol. The molecule has 23 heavy (non-hydrogen) atoms. The third kappa shape index (κ3) is 3.07. The summed E-state index contributed by atoms with van der Waals surface area (Å²) in [4.78, 5) is 20.8. The Labute approximate surface area is 136 Å². The van der Waals surface area contributed by atoms with Crippen LogP contribution in [-0.2, 0) is 17.7 Å². The fourth-order valence-corrected chi connectivity index (χ4v) is 3.20. The zero-order valence-corrected chi connectivity index (χ0v) is 13.9. The summed E-state index contributed by atoms with van der Waals surface area (Å²) in [6.07, 6.45) is 3.85. The van der Waals surface area contributed by atoms with Gasteiger partial charge in [-0.15, -0.1) is 0 Å². The van der Waals surface area contributed by atoms with Crippen molar-refractivity contribution in [2.24, 2.45) is 5.16 Å². The van der Waals surface area contributed by atoms with Gasteiger partial charge in [-0.05, 0) is 57.2 Å². The summed E-state index contributed by atoms with van der Waals surface area (Å²) in [7, 11) is 0. The van der Waals surface area contributed by atoms with E-state index in [-0.39, 0.29) is 0 Å². The Balaban J connectivity index is 1.84. The number of oxime groups is 1. The number of nitrogens with one attached hydrogen (secondary N) is 1. The van der Waals surface area contributed by atoms with Gasteiger partial charge in [0.2, 0.25) is 0 Å². The summed E-state index contributed by atoms with van der Waals surface area (Å²) >= 11 is 0. The molecule has 0 spiro atoms. The van der Waals surface area contributed by atoms with Crippen LogP contribution in [0.15, 0.2) is 29.4 Å². The standard InChI is InChI=1S/C19H22N2O2/c1-4-15-13(3)20-16-6-5-7-17(18(15)16)21-23-19(22)14-10-8-12(2)9-11-14/h8-11,20H,4-7H2,1-3H3/b21-17+. The third-order valence-corrected chi connectivity index (χ3v) is 4.40. The molecule has 1 aliphatic carbocycles. The maximum Gasteiger partial charge on any atom is 0.365 e. The number of carbonyl (C=O) groups is 1. The van der Waals surface area contributed by atoms with Crippen LogP contribution in [0.25, 0.3) is 0 Å². The molecular formula is C19H22N2O2. The van der Waals surface area contributed by atoms with Crippen LogP contribution in [0.5, 0.6) is 0 Å². The number of aromatic amines is 1. The van der Waals surface area contributed by atoms with Crippen LogP contribution in [0.1, 0.15) is 58.2 Å². The van der Waals surface area contributed by atoms with Crippen molar-refractivity contribution in [1.29, 1.82) is 0 Å². The minimum Gasteiger partial charge on any atom is -0.362 e. The SMILES string of the molecule is CCc1c(C)[nH]c2c1/C(=N/OC(=O)c1ccc(C)cc1)CCC2. The van der Waals surface area contributed by atoms with Crippen molar-refractivity contribution in [2.75, 3.05) is 0 Å². The minimum atomic E-state index is -0.407. The Morgan fingerprint density at radius 2 is 1.96 bits per heavy atom. The number of rotatable bonds is 3. The Morgan fingerprint density at radius 3 is 2.65 bits per heavy atom. The largest absolute Gasteiger partial charge is 0.365 e. The van der Waals surface area contributed by atoms with Crippen molar-refractivity contribution in [3.05, 3.63) is 57.9 Å². The van der Waals surface area contributed by atoms with Crippen molar-refractivity contribution < 1.29 is 9.63 Å². The van der Waals surface area contributed by atoms with Crippen LogP contribution in [-0.4, -0.2) is 16.7 Å². The van der Waals surface area contributed by atoms with E-state index in [0.717, 1.165) is 42.5 Å². The first-order chi connectivity index (χ1) is 11.1. The number of hydrogen-bond donors (Lipinski definition) is 1. The smallest absolute Gasteiger partial charge is 0.362 e. The second-order valence-electron chi connectivity index (χ2n) is 6.07. The number of carbonyl (C=O) groups excluding carboxylic acids is 1. The van der Waals surface area contributed by atoms with E-state index in [2.05, 4.69) is 24.0 Å². The molecule has 1 aliphatic rings. The van der Waals surface area contributed by atoms with Crippen LogP contribution in [0.2, 0.25) is 0 Å². The molecule has 1 aromatic carbocycles. The Morgan fingerprint density at radius 1 is 1.22 bits per heavy atom. The molecule has 3 rings (SSSR count). The van der Waals surface area contributed by atoms with Gasteiger partial charge < -0.3 is 9.82 Å². The van der Waals surface area contributed by atoms with Gasteiger partial charge >= 0.3 is 5.97 Å². The molecule has 0 amide bonds. The van der Waals surface area contributed by atoms with Crippen molar-refractivity contribution in [1.82, 2.24) is 4.98 Å². The predicted octanol–water partition coefficient (Wildman–Crippen LogP) is 4.09. The molecular weight excluding hydrogens is 288 g/mol. The van der Waals surface area contributed by atoms with E-state index in [0.29, 0.717) is 5.56 Å². The van der Waals surface area contributed by atoms with Crippen LogP contribution in [0.3, 0.4) is 0 Å². The zero-order valence-electron chi connectivity index (χ0n) is 13.9. The highest BCUT2D eigenvalue weighted by molar-refractivity contribution is 6.04.